The smallest absolute Gasteiger partial charge is 0.0816 e. The highest BCUT2D eigenvalue weighted by molar-refractivity contribution is 6.31. The summed E-state index contributed by atoms with van der Waals surface area (Å²) < 4.78 is 5.35. The fourth-order valence-electron chi connectivity index (χ4n) is 1.97. The van der Waals surface area contributed by atoms with Crippen LogP contribution in [0.5, 0.6) is 0 Å². The van der Waals surface area contributed by atoms with Gasteiger partial charge in [-0.05, 0) is 31.5 Å². The Kier molecular flexibility index (Phi) is 8.07. The van der Waals surface area contributed by atoms with Crippen molar-refractivity contribution in [2.24, 2.45) is 0 Å². The van der Waals surface area contributed by atoms with Gasteiger partial charge in [-0.2, -0.15) is 0 Å². The lowest BCUT2D eigenvalue weighted by Crippen LogP contribution is -2.29. The van der Waals surface area contributed by atoms with Gasteiger partial charge in [-0.1, -0.05) is 36.7 Å². The van der Waals surface area contributed by atoms with Crippen molar-refractivity contribution in [1.82, 2.24) is 4.90 Å². The molecule has 0 spiro atoms. The van der Waals surface area contributed by atoms with Crippen LogP contribution < -0.4 is 0 Å². The minimum Gasteiger partial charge on any atom is -0.388 e. The molecule has 0 aliphatic rings. The molecule has 1 N–H and O–H groups in total. The first-order valence-corrected chi connectivity index (χ1v) is 7.29. The largest absolute Gasteiger partial charge is 0.388 e. The molecule has 1 aromatic rings. The van der Waals surface area contributed by atoms with E-state index in [9.17, 15) is 5.11 Å². The third kappa shape index (κ3) is 5.91. The Morgan fingerprint density at radius 2 is 2.00 bits per heavy atom. The third-order valence-electron chi connectivity index (χ3n) is 3.19. The molecule has 19 heavy (non-hydrogen) atoms. The highest BCUT2D eigenvalue weighted by Crippen LogP contribution is 2.24. The van der Waals surface area contributed by atoms with Gasteiger partial charge in [-0.3, -0.25) is 0 Å². The minimum absolute atomic E-state index is 0.505. The fraction of sp³-hybridized carbons (Fsp3) is 0.600. The van der Waals surface area contributed by atoms with Gasteiger partial charge in [0.05, 0.1) is 12.7 Å². The molecular formula is C15H24ClNO2. The molecule has 0 radical (unpaired) electrons. The second-order valence-corrected chi connectivity index (χ2v) is 4.86. The molecule has 1 aromatic carbocycles. The normalized spacial score (nSPS) is 12.9. The van der Waals surface area contributed by atoms with E-state index in [1.165, 1.54) is 0 Å². The number of halogens is 1. The molecule has 3 nitrogen and oxygen atoms in total. The maximum Gasteiger partial charge on any atom is 0.0816 e. The Morgan fingerprint density at radius 3 is 2.63 bits per heavy atom. The fourth-order valence-corrected chi connectivity index (χ4v) is 2.23. The van der Waals surface area contributed by atoms with E-state index in [4.69, 9.17) is 16.3 Å². The molecule has 0 saturated carbocycles. The van der Waals surface area contributed by atoms with E-state index < -0.39 is 6.10 Å². The molecule has 1 atom stereocenters. The van der Waals surface area contributed by atoms with Crippen LogP contribution in [-0.4, -0.2) is 42.9 Å². The van der Waals surface area contributed by atoms with Crippen molar-refractivity contribution in [3.05, 3.63) is 34.9 Å². The Labute approximate surface area is 121 Å². The molecule has 4 heteroatoms. The Morgan fingerprint density at radius 1 is 1.26 bits per heavy atom. The van der Waals surface area contributed by atoms with Crippen LogP contribution in [0, 0.1) is 0 Å². The van der Waals surface area contributed by atoms with Gasteiger partial charge in [0.2, 0.25) is 0 Å². The summed E-state index contributed by atoms with van der Waals surface area (Å²) in [4.78, 5) is 2.27. The summed E-state index contributed by atoms with van der Waals surface area (Å²) in [5, 5.41) is 10.8. The molecule has 1 rings (SSSR count). The van der Waals surface area contributed by atoms with Gasteiger partial charge in [-0.15, -0.1) is 0 Å². The molecule has 0 heterocycles. The molecule has 0 aromatic heterocycles. The summed E-state index contributed by atoms with van der Waals surface area (Å²) >= 11 is 6.08. The summed E-state index contributed by atoms with van der Waals surface area (Å²) in [6.07, 6.45) is 0.179. The first kappa shape index (κ1) is 16.4. The number of hydrogen-bond donors (Lipinski definition) is 1. The maximum absolute atomic E-state index is 10.2. The van der Waals surface area contributed by atoms with Crippen molar-refractivity contribution in [2.45, 2.75) is 26.4 Å². The van der Waals surface area contributed by atoms with Crippen LogP contribution >= 0.6 is 11.6 Å². The molecule has 0 fully saturated rings. The van der Waals surface area contributed by atoms with Crippen LogP contribution in [0.3, 0.4) is 0 Å². The van der Waals surface area contributed by atoms with Gasteiger partial charge in [0.1, 0.15) is 0 Å². The van der Waals surface area contributed by atoms with E-state index in [2.05, 4.69) is 11.8 Å². The number of ether oxygens (including phenoxy) is 1. The van der Waals surface area contributed by atoms with Gasteiger partial charge in [-0.25, -0.2) is 0 Å². The third-order valence-corrected chi connectivity index (χ3v) is 3.53. The van der Waals surface area contributed by atoms with Crippen LogP contribution in [-0.2, 0) is 4.74 Å². The molecule has 108 valence electrons. The summed E-state index contributed by atoms with van der Waals surface area (Å²) in [5.74, 6) is 0. The molecule has 0 aliphatic heterocycles. The quantitative estimate of drug-likeness (QED) is 0.708. The summed E-state index contributed by atoms with van der Waals surface area (Å²) in [6.45, 7) is 8.31. The molecule has 0 amide bonds. The van der Waals surface area contributed by atoms with Crippen molar-refractivity contribution in [1.29, 1.82) is 0 Å². The first-order valence-electron chi connectivity index (χ1n) is 6.91. The Hall–Kier alpha value is -0.610. The number of rotatable bonds is 9. The number of likely N-dealkylation sites (N-methyl/N-ethyl adjacent to an activating group) is 1. The van der Waals surface area contributed by atoms with Crippen molar-refractivity contribution >= 4 is 11.6 Å². The number of nitrogens with zero attached hydrogens (tertiary/aromatic N) is 1. The van der Waals surface area contributed by atoms with Crippen molar-refractivity contribution in [3.8, 4) is 0 Å². The average Bonchev–Trinajstić information content (AvgIpc) is 2.43. The summed E-state index contributed by atoms with van der Waals surface area (Å²) in [6, 6.07) is 7.46. The maximum atomic E-state index is 10.2. The predicted octanol–water partition coefficient (Wildman–Crippen LogP) is 3.12. The highest BCUT2D eigenvalue weighted by atomic mass is 35.5. The van der Waals surface area contributed by atoms with Gasteiger partial charge in [0.25, 0.3) is 0 Å². The van der Waals surface area contributed by atoms with E-state index in [1.54, 1.807) is 0 Å². The molecule has 1 unspecified atom stereocenters. The second-order valence-electron chi connectivity index (χ2n) is 4.46. The van der Waals surface area contributed by atoms with Gasteiger partial charge < -0.3 is 14.7 Å². The van der Waals surface area contributed by atoms with Crippen molar-refractivity contribution < 1.29 is 9.84 Å². The van der Waals surface area contributed by atoms with Crippen LogP contribution in [0.25, 0.3) is 0 Å². The second kappa shape index (κ2) is 9.32. The number of benzene rings is 1. The topological polar surface area (TPSA) is 32.7 Å². The van der Waals surface area contributed by atoms with Gasteiger partial charge in [0.15, 0.2) is 0 Å². The van der Waals surface area contributed by atoms with E-state index in [1.807, 2.05) is 31.2 Å². The average molecular weight is 286 g/mol. The molecule has 0 bridgehead atoms. The molecular weight excluding hydrogens is 262 g/mol. The Balaban J connectivity index is 2.39. The first-order chi connectivity index (χ1) is 9.19. The summed E-state index contributed by atoms with van der Waals surface area (Å²) in [7, 11) is 0. The van der Waals surface area contributed by atoms with Crippen molar-refractivity contribution in [2.75, 3.05) is 32.8 Å². The lowest BCUT2D eigenvalue weighted by molar-refractivity contribution is 0.101. The van der Waals surface area contributed by atoms with Gasteiger partial charge >= 0.3 is 0 Å². The van der Waals surface area contributed by atoms with Gasteiger partial charge in [0, 0.05) is 24.7 Å². The standard InChI is InChI=1S/C15H24ClNO2/c1-3-17(11-12-19-4-2)10-9-15(18)13-7-5-6-8-14(13)16/h5-8,15,18H,3-4,9-12H2,1-2H3. The SMILES string of the molecule is CCOCCN(CC)CCC(O)c1ccccc1Cl. The molecule has 0 aliphatic carbocycles. The lowest BCUT2D eigenvalue weighted by Gasteiger charge is -2.22. The van der Waals surface area contributed by atoms with Crippen LogP contribution in [0.15, 0.2) is 24.3 Å². The highest BCUT2D eigenvalue weighted by Gasteiger charge is 2.12. The van der Waals surface area contributed by atoms with E-state index >= 15 is 0 Å². The lowest BCUT2D eigenvalue weighted by atomic mass is 10.1. The Bertz CT molecular complexity index is 360. The number of aliphatic hydroxyl groups is 1. The van der Waals surface area contributed by atoms with E-state index in [0.717, 1.165) is 38.4 Å². The zero-order valence-electron chi connectivity index (χ0n) is 11.8. The van der Waals surface area contributed by atoms with Crippen LogP contribution in [0.4, 0.5) is 0 Å². The van der Waals surface area contributed by atoms with Crippen LogP contribution in [0.2, 0.25) is 5.02 Å². The zero-order chi connectivity index (χ0) is 14.1. The monoisotopic (exact) mass is 285 g/mol. The number of aliphatic hydroxyl groups excluding tert-OH is 1. The van der Waals surface area contributed by atoms with Crippen molar-refractivity contribution in [3.63, 3.8) is 0 Å². The predicted molar refractivity (Wildman–Crippen MR) is 79.6 cm³/mol. The minimum atomic E-state index is -0.505. The number of hydrogen-bond acceptors (Lipinski definition) is 3. The molecule has 0 saturated heterocycles. The van der Waals surface area contributed by atoms with Crippen LogP contribution in [0.1, 0.15) is 31.9 Å². The summed E-state index contributed by atoms with van der Waals surface area (Å²) in [5.41, 5.74) is 0.810. The van der Waals surface area contributed by atoms with E-state index in [0.29, 0.717) is 11.4 Å². The van der Waals surface area contributed by atoms with E-state index in [-0.39, 0.29) is 0 Å². The zero-order valence-corrected chi connectivity index (χ0v) is 12.6.